The van der Waals surface area contributed by atoms with Crippen molar-refractivity contribution < 1.29 is 4.74 Å². The number of hydrogen-bond donors (Lipinski definition) is 1. The SMILES string of the molecule is CSN1CCN(CCOCCNCC(C)C)CC1. The van der Waals surface area contributed by atoms with Crippen LogP contribution in [-0.4, -0.2) is 74.5 Å². The highest BCUT2D eigenvalue weighted by Crippen LogP contribution is 2.09. The fourth-order valence-electron chi connectivity index (χ4n) is 1.97. The van der Waals surface area contributed by atoms with Gasteiger partial charge in [0.1, 0.15) is 0 Å². The van der Waals surface area contributed by atoms with E-state index in [1.807, 2.05) is 11.9 Å². The topological polar surface area (TPSA) is 27.7 Å². The molecule has 0 aromatic heterocycles. The summed E-state index contributed by atoms with van der Waals surface area (Å²) in [5.74, 6) is 0.720. The molecule has 0 bridgehead atoms. The predicted octanol–water partition coefficient (Wildman–Crippen LogP) is 1.14. The molecule has 0 amide bonds. The molecule has 18 heavy (non-hydrogen) atoms. The number of hydrogen-bond acceptors (Lipinski definition) is 5. The Labute approximate surface area is 117 Å². The van der Waals surface area contributed by atoms with Crippen LogP contribution in [-0.2, 0) is 4.74 Å². The molecule has 0 saturated carbocycles. The quantitative estimate of drug-likeness (QED) is 0.503. The van der Waals surface area contributed by atoms with Crippen LogP contribution in [0.25, 0.3) is 0 Å². The average Bonchev–Trinajstić information content (AvgIpc) is 2.38. The number of piperazine rings is 1. The van der Waals surface area contributed by atoms with Crippen molar-refractivity contribution in [3.05, 3.63) is 0 Å². The van der Waals surface area contributed by atoms with E-state index in [-0.39, 0.29) is 0 Å². The second kappa shape index (κ2) is 10.0. The van der Waals surface area contributed by atoms with E-state index in [9.17, 15) is 0 Å². The van der Waals surface area contributed by atoms with E-state index < -0.39 is 0 Å². The van der Waals surface area contributed by atoms with Gasteiger partial charge in [0, 0.05) is 39.3 Å². The van der Waals surface area contributed by atoms with Gasteiger partial charge in [-0.3, -0.25) is 4.90 Å². The van der Waals surface area contributed by atoms with Gasteiger partial charge >= 0.3 is 0 Å². The lowest BCUT2D eigenvalue weighted by Gasteiger charge is -2.32. The molecule has 0 aromatic carbocycles. The number of ether oxygens (including phenoxy) is 1. The smallest absolute Gasteiger partial charge is 0.0594 e. The normalized spacial score (nSPS) is 18.7. The fraction of sp³-hybridized carbons (Fsp3) is 1.00. The van der Waals surface area contributed by atoms with Crippen LogP contribution in [0.4, 0.5) is 0 Å². The third-order valence-corrected chi connectivity index (χ3v) is 4.00. The molecule has 5 heteroatoms. The zero-order valence-corrected chi connectivity index (χ0v) is 13.0. The van der Waals surface area contributed by atoms with Crippen molar-refractivity contribution in [1.29, 1.82) is 0 Å². The van der Waals surface area contributed by atoms with Crippen LogP contribution < -0.4 is 5.32 Å². The number of nitrogens with one attached hydrogen (secondary N) is 1. The molecule has 1 heterocycles. The molecule has 1 saturated heterocycles. The summed E-state index contributed by atoms with van der Waals surface area (Å²) < 4.78 is 8.07. The molecule has 1 aliphatic heterocycles. The summed E-state index contributed by atoms with van der Waals surface area (Å²) >= 11 is 1.85. The van der Waals surface area contributed by atoms with Crippen LogP contribution in [0.2, 0.25) is 0 Å². The van der Waals surface area contributed by atoms with Gasteiger partial charge in [-0.25, -0.2) is 4.31 Å². The third-order valence-electron chi connectivity index (χ3n) is 3.12. The van der Waals surface area contributed by atoms with Gasteiger partial charge in [-0.05, 0) is 18.7 Å². The molecule has 1 N–H and O–H groups in total. The van der Waals surface area contributed by atoms with E-state index in [0.29, 0.717) is 0 Å². The minimum Gasteiger partial charge on any atom is -0.379 e. The summed E-state index contributed by atoms with van der Waals surface area (Å²) in [5.41, 5.74) is 0. The molecule has 0 aliphatic carbocycles. The van der Waals surface area contributed by atoms with Crippen molar-refractivity contribution in [2.45, 2.75) is 13.8 Å². The Balaban J connectivity index is 1.86. The minimum atomic E-state index is 0.720. The molecule has 0 spiro atoms. The Morgan fingerprint density at radius 2 is 1.89 bits per heavy atom. The van der Waals surface area contributed by atoms with Crippen LogP contribution in [0.3, 0.4) is 0 Å². The summed E-state index contributed by atoms with van der Waals surface area (Å²) in [6.07, 6.45) is 2.16. The maximum absolute atomic E-state index is 5.65. The van der Waals surface area contributed by atoms with Gasteiger partial charge in [-0.1, -0.05) is 25.8 Å². The van der Waals surface area contributed by atoms with E-state index in [0.717, 1.165) is 38.8 Å². The summed E-state index contributed by atoms with van der Waals surface area (Å²) in [5, 5.41) is 3.39. The highest BCUT2D eigenvalue weighted by atomic mass is 32.2. The Kier molecular flexibility index (Phi) is 9.06. The van der Waals surface area contributed by atoms with Gasteiger partial charge in [0.2, 0.25) is 0 Å². The van der Waals surface area contributed by atoms with Crippen molar-refractivity contribution in [2.75, 3.05) is 65.3 Å². The summed E-state index contributed by atoms with van der Waals surface area (Å²) in [6, 6.07) is 0. The van der Waals surface area contributed by atoms with Crippen LogP contribution in [0.15, 0.2) is 0 Å². The van der Waals surface area contributed by atoms with Crippen molar-refractivity contribution >= 4 is 11.9 Å². The minimum absolute atomic E-state index is 0.720. The van der Waals surface area contributed by atoms with Gasteiger partial charge in [-0.15, -0.1) is 0 Å². The standard InChI is InChI=1S/C13H29N3OS/c1-13(2)12-14-4-10-17-11-9-15-5-7-16(18-3)8-6-15/h13-14H,4-12H2,1-3H3. The lowest BCUT2D eigenvalue weighted by atomic mass is 10.2. The summed E-state index contributed by atoms with van der Waals surface area (Å²) in [7, 11) is 0. The highest BCUT2D eigenvalue weighted by Gasteiger charge is 2.15. The number of nitrogens with zero attached hydrogens (tertiary/aromatic N) is 2. The Morgan fingerprint density at radius 3 is 2.50 bits per heavy atom. The van der Waals surface area contributed by atoms with Crippen LogP contribution in [0.5, 0.6) is 0 Å². The van der Waals surface area contributed by atoms with E-state index in [1.54, 1.807) is 0 Å². The lowest BCUT2D eigenvalue weighted by Crippen LogP contribution is -2.44. The van der Waals surface area contributed by atoms with E-state index in [1.165, 1.54) is 26.2 Å². The second-order valence-corrected chi connectivity index (χ2v) is 6.05. The first-order valence-corrected chi connectivity index (χ1v) is 8.20. The van der Waals surface area contributed by atoms with Crippen LogP contribution in [0.1, 0.15) is 13.8 Å². The van der Waals surface area contributed by atoms with Gasteiger partial charge in [0.05, 0.1) is 13.2 Å². The molecular formula is C13H29N3OS. The molecule has 0 aromatic rings. The van der Waals surface area contributed by atoms with Gasteiger partial charge < -0.3 is 10.1 Å². The maximum atomic E-state index is 5.65. The Morgan fingerprint density at radius 1 is 1.17 bits per heavy atom. The number of rotatable bonds is 9. The molecule has 1 aliphatic rings. The van der Waals surface area contributed by atoms with Crippen molar-refractivity contribution in [1.82, 2.24) is 14.5 Å². The monoisotopic (exact) mass is 275 g/mol. The molecule has 0 atom stereocenters. The van der Waals surface area contributed by atoms with Crippen LogP contribution in [0, 0.1) is 5.92 Å². The van der Waals surface area contributed by atoms with Gasteiger partial charge in [-0.2, -0.15) is 0 Å². The zero-order chi connectivity index (χ0) is 13.2. The van der Waals surface area contributed by atoms with Gasteiger partial charge in [0.25, 0.3) is 0 Å². The molecule has 1 fully saturated rings. The van der Waals surface area contributed by atoms with Gasteiger partial charge in [0.15, 0.2) is 0 Å². The van der Waals surface area contributed by atoms with E-state index in [4.69, 9.17) is 4.74 Å². The molecule has 1 rings (SSSR count). The molecule has 0 unspecified atom stereocenters. The van der Waals surface area contributed by atoms with Crippen molar-refractivity contribution in [3.8, 4) is 0 Å². The largest absolute Gasteiger partial charge is 0.379 e. The third kappa shape index (κ3) is 7.59. The molecule has 108 valence electrons. The first-order chi connectivity index (χ1) is 8.72. The Bertz CT molecular complexity index is 197. The van der Waals surface area contributed by atoms with E-state index >= 15 is 0 Å². The van der Waals surface area contributed by atoms with Crippen LogP contribution >= 0.6 is 11.9 Å². The second-order valence-electron chi connectivity index (χ2n) is 5.16. The molecular weight excluding hydrogens is 246 g/mol. The lowest BCUT2D eigenvalue weighted by molar-refractivity contribution is 0.0928. The average molecular weight is 275 g/mol. The summed E-state index contributed by atoms with van der Waals surface area (Å²) in [6.45, 7) is 14.0. The summed E-state index contributed by atoms with van der Waals surface area (Å²) in [4.78, 5) is 2.49. The first kappa shape index (κ1) is 16.2. The predicted molar refractivity (Wildman–Crippen MR) is 80.1 cm³/mol. The van der Waals surface area contributed by atoms with E-state index in [2.05, 4.69) is 34.6 Å². The maximum Gasteiger partial charge on any atom is 0.0594 e. The fourth-order valence-corrected chi connectivity index (χ4v) is 2.49. The molecule has 4 nitrogen and oxygen atoms in total. The van der Waals surface area contributed by atoms with Crippen molar-refractivity contribution in [2.24, 2.45) is 5.92 Å². The van der Waals surface area contributed by atoms with Crippen molar-refractivity contribution in [3.63, 3.8) is 0 Å². The zero-order valence-electron chi connectivity index (χ0n) is 12.2. The molecule has 0 radical (unpaired) electrons. The highest BCUT2D eigenvalue weighted by molar-refractivity contribution is 7.96. The first-order valence-electron chi connectivity index (χ1n) is 7.02. The Hall–Kier alpha value is 0.190.